The minimum absolute atomic E-state index is 0.255. The van der Waals surface area contributed by atoms with Gasteiger partial charge in [0.05, 0.1) is 6.10 Å². The highest BCUT2D eigenvalue weighted by atomic mass is 16.5. The van der Waals surface area contributed by atoms with E-state index in [1.165, 1.54) is 0 Å². The van der Waals surface area contributed by atoms with Crippen molar-refractivity contribution in [2.24, 2.45) is 4.99 Å². The Morgan fingerprint density at radius 1 is 1.10 bits per heavy atom. The maximum Gasteiger partial charge on any atom is 0.191 e. The summed E-state index contributed by atoms with van der Waals surface area (Å²) in [4.78, 5) is 4.53. The van der Waals surface area contributed by atoms with Gasteiger partial charge in [-0.05, 0) is 33.1 Å². The van der Waals surface area contributed by atoms with Gasteiger partial charge in [-0.15, -0.1) is 0 Å². The number of nitrogens with zero attached hydrogens (tertiary/aromatic N) is 1. The minimum Gasteiger partial charge on any atom is -0.385 e. The van der Waals surface area contributed by atoms with Crippen molar-refractivity contribution in [2.45, 2.75) is 39.2 Å². The molecule has 0 rings (SSSR count). The molecule has 0 aromatic carbocycles. The number of aliphatic imine (C=N–C) groups is 1. The summed E-state index contributed by atoms with van der Waals surface area (Å²) in [5.41, 5.74) is 0. The Balaban J connectivity index is 3.96. The van der Waals surface area contributed by atoms with Gasteiger partial charge in [-0.1, -0.05) is 0 Å². The van der Waals surface area contributed by atoms with Crippen LogP contribution in [0.25, 0.3) is 0 Å². The van der Waals surface area contributed by atoms with Crippen LogP contribution >= 0.6 is 0 Å². The van der Waals surface area contributed by atoms with Gasteiger partial charge in [-0.3, -0.25) is 4.99 Å². The summed E-state index contributed by atoms with van der Waals surface area (Å²) in [5, 5.41) is 6.65. The Labute approximate surface area is 129 Å². The zero-order chi connectivity index (χ0) is 15.8. The van der Waals surface area contributed by atoms with Crippen LogP contribution in [0.3, 0.4) is 0 Å². The molecular formula is C15H33N3O3. The van der Waals surface area contributed by atoms with Crippen molar-refractivity contribution >= 4 is 5.96 Å². The molecule has 0 aliphatic heterocycles. The molecule has 126 valence electrons. The highest BCUT2D eigenvalue weighted by Crippen LogP contribution is 1.93. The second kappa shape index (κ2) is 15.5. The van der Waals surface area contributed by atoms with E-state index in [9.17, 15) is 0 Å². The Bertz CT molecular complexity index is 250. The molecule has 0 aliphatic carbocycles. The van der Waals surface area contributed by atoms with E-state index in [0.717, 1.165) is 64.7 Å². The van der Waals surface area contributed by atoms with Crippen molar-refractivity contribution in [1.82, 2.24) is 10.6 Å². The normalized spacial score (nSPS) is 13.2. The van der Waals surface area contributed by atoms with Crippen LogP contribution in [0, 0.1) is 0 Å². The second-order valence-corrected chi connectivity index (χ2v) is 4.82. The number of hydrogen-bond donors (Lipinski definition) is 2. The Morgan fingerprint density at radius 3 is 2.52 bits per heavy atom. The van der Waals surface area contributed by atoms with Crippen molar-refractivity contribution in [3.63, 3.8) is 0 Å². The van der Waals surface area contributed by atoms with E-state index in [0.29, 0.717) is 0 Å². The molecule has 21 heavy (non-hydrogen) atoms. The van der Waals surface area contributed by atoms with Crippen LogP contribution in [0.2, 0.25) is 0 Å². The van der Waals surface area contributed by atoms with Gasteiger partial charge >= 0.3 is 0 Å². The molecular weight excluding hydrogens is 270 g/mol. The van der Waals surface area contributed by atoms with E-state index in [1.54, 1.807) is 14.2 Å². The largest absolute Gasteiger partial charge is 0.385 e. The van der Waals surface area contributed by atoms with E-state index in [4.69, 9.17) is 14.2 Å². The Morgan fingerprint density at radius 2 is 1.86 bits per heavy atom. The summed E-state index contributed by atoms with van der Waals surface area (Å²) in [6.07, 6.45) is 3.11. The van der Waals surface area contributed by atoms with Gasteiger partial charge in [-0.2, -0.15) is 0 Å². The third kappa shape index (κ3) is 13.9. The maximum absolute atomic E-state index is 5.32. The third-order valence-corrected chi connectivity index (χ3v) is 2.98. The molecule has 0 radical (unpaired) electrons. The minimum atomic E-state index is 0.255. The molecule has 6 heteroatoms. The van der Waals surface area contributed by atoms with Crippen molar-refractivity contribution in [3.8, 4) is 0 Å². The first-order valence-corrected chi connectivity index (χ1v) is 7.86. The van der Waals surface area contributed by atoms with E-state index < -0.39 is 0 Å². The predicted octanol–water partition coefficient (Wildman–Crippen LogP) is 1.41. The molecule has 0 aromatic heterocycles. The van der Waals surface area contributed by atoms with E-state index >= 15 is 0 Å². The average Bonchev–Trinajstić information content (AvgIpc) is 2.50. The van der Waals surface area contributed by atoms with Crippen LogP contribution in [-0.2, 0) is 14.2 Å². The molecule has 2 N–H and O–H groups in total. The van der Waals surface area contributed by atoms with Crippen LogP contribution in [0.1, 0.15) is 33.1 Å². The first-order valence-electron chi connectivity index (χ1n) is 7.86. The number of methoxy groups -OCH3 is 2. The highest BCUT2D eigenvalue weighted by molar-refractivity contribution is 5.79. The summed E-state index contributed by atoms with van der Waals surface area (Å²) in [5.74, 6) is 0.853. The summed E-state index contributed by atoms with van der Waals surface area (Å²) in [6, 6.07) is 0. The lowest BCUT2D eigenvalue weighted by molar-refractivity contribution is 0.112. The van der Waals surface area contributed by atoms with Gasteiger partial charge in [-0.25, -0.2) is 0 Å². The SMILES string of the molecule is CCOCCCNC(=NCCCOC)NCC[C@H](C)OC. The smallest absolute Gasteiger partial charge is 0.191 e. The van der Waals surface area contributed by atoms with Gasteiger partial charge in [0, 0.05) is 53.7 Å². The number of guanidine groups is 1. The monoisotopic (exact) mass is 303 g/mol. The molecule has 0 bridgehead atoms. The van der Waals surface area contributed by atoms with Gasteiger partial charge in [0.1, 0.15) is 0 Å². The topological polar surface area (TPSA) is 64.1 Å². The summed E-state index contributed by atoms with van der Waals surface area (Å²) in [6.45, 7) is 8.82. The van der Waals surface area contributed by atoms with E-state index in [1.807, 2.05) is 6.92 Å². The lowest BCUT2D eigenvalue weighted by Gasteiger charge is -2.14. The first-order chi connectivity index (χ1) is 10.2. The van der Waals surface area contributed by atoms with Gasteiger partial charge in [0.25, 0.3) is 0 Å². The standard InChI is InChI=1S/C15H33N3O3/c1-5-21-13-7-10-17-15(16-9-6-12-19-3)18-11-8-14(2)20-4/h14H,5-13H2,1-4H3,(H2,16,17,18)/t14-/m0/s1. The molecule has 0 unspecified atom stereocenters. The second-order valence-electron chi connectivity index (χ2n) is 4.82. The zero-order valence-electron chi connectivity index (χ0n) is 14.1. The van der Waals surface area contributed by atoms with Crippen molar-refractivity contribution in [1.29, 1.82) is 0 Å². The zero-order valence-corrected chi connectivity index (χ0v) is 14.1. The number of ether oxygens (including phenoxy) is 3. The molecule has 0 amide bonds. The quantitative estimate of drug-likeness (QED) is 0.306. The molecule has 0 aromatic rings. The molecule has 0 spiro atoms. The Hall–Kier alpha value is -0.850. The fourth-order valence-electron chi connectivity index (χ4n) is 1.61. The molecule has 0 saturated heterocycles. The van der Waals surface area contributed by atoms with E-state index in [2.05, 4.69) is 22.5 Å². The predicted molar refractivity (Wildman–Crippen MR) is 87.0 cm³/mol. The van der Waals surface area contributed by atoms with Gasteiger partial charge in [0.2, 0.25) is 0 Å². The fraction of sp³-hybridized carbons (Fsp3) is 0.933. The van der Waals surface area contributed by atoms with Gasteiger partial charge in [0.15, 0.2) is 5.96 Å². The van der Waals surface area contributed by atoms with Crippen molar-refractivity contribution in [3.05, 3.63) is 0 Å². The molecule has 6 nitrogen and oxygen atoms in total. The van der Waals surface area contributed by atoms with Crippen LogP contribution in [0.15, 0.2) is 4.99 Å². The molecule has 0 fully saturated rings. The summed E-state index contributed by atoms with van der Waals surface area (Å²) >= 11 is 0. The van der Waals surface area contributed by atoms with E-state index in [-0.39, 0.29) is 6.10 Å². The number of nitrogens with one attached hydrogen (secondary N) is 2. The van der Waals surface area contributed by atoms with Crippen LogP contribution in [0.5, 0.6) is 0 Å². The summed E-state index contributed by atoms with van der Waals surface area (Å²) < 4.78 is 15.6. The van der Waals surface area contributed by atoms with Crippen LogP contribution in [0.4, 0.5) is 0 Å². The van der Waals surface area contributed by atoms with Crippen LogP contribution in [-0.4, -0.2) is 65.7 Å². The maximum atomic E-state index is 5.32. The number of hydrogen-bond acceptors (Lipinski definition) is 4. The summed E-state index contributed by atoms with van der Waals surface area (Å²) in [7, 11) is 3.44. The molecule has 1 atom stereocenters. The Kier molecular flexibility index (Phi) is 14.9. The fourth-order valence-corrected chi connectivity index (χ4v) is 1.61. The highest BCUT2D eigenvalue weighted by Gasteiger charge is 2.01. The van der Waals surface area contributed by atoms with Crippen molar-refractivity contribution in [2.75, 3.05) is 53.7 Å². The third-order valence-electron chi connectivity index (χ3n) is 2.98. The molecule has 0 heterocycles. The van der Waals surface area contributed by atoms with Gasteiger partial charge < -0.3 is 24.8 Å². The lowest BCUT2D eigenvalue weighted by atomic mass is 10.3. The molecule has 0 saturated carbocycles. The van der Waals surface area contributed by atoms with Crippen molar-refractivity contribution < 1.29 is 14.2 Å². The number of rotatable bonds is 13. The molecule has 0 aliphatic rings. The van der Waals surface area contributed by atoms with Crippen LogP contribution < -0.4 is 10.6 Å². The average molecular weight is 303 g/mol. The lowest BCUT2D eigenvalue weighted by Crippen LogP contribution is -2.39. The first kappa shape index (κ1) is 20.1.